The second kappa shape index (κ2) is 15.6. The Balaban J connectivity index is 0.862. The quantitative estimate of drug-likeness (QED) is 0.171. The molecule has 15 heteroatoms. The van der Waals surface area contributed by atoms with Gasteiger partial charge < -0.3 is 19.8 Å². The van der Waals surface area contributed by atoms with E-state index < -0.39 is 48.6 Å². The number of nitrogens with zero attached hydrogens (tertiary/aromatic N) is 5. The number of imide groups is 1. The van der Waals surface area contributed by atoms with E-state index in [2.05, 4.69) is 10.2 Å². The summed E-state index contributed by atoms with van der Waals surface area (Å²) >= 11 is 0. The van der Waals surface area contributed by atoms with Crippen LogP contribution in [0.2, 0.25) is 0 Å². The first-order valence-corrected chi connectivity index (χ1v) is 20.0. The lowest BCUT2D eigenvalue weighted by Gasteiger charge is -2.54. The second-order valence-corrected chi connectivity index (χ2v) is 16.9. The average Bonchev–Trinajstić information content (AvgIpc) is 3.57. The highest BCUT2D eigenvalue weighted by molar-refractivity contribution is 6.00. The predicted octanol–water partition coefficient (Wildman–Crippen LogP) is 4.79. The zero-order valence-corrected chi connectivity index (χ0v) is 32.7. The van der Waals surface area contributed by atoms with Gasteiger partial charge in [-0.25, -0.2) is 17.6 Å². The number of rotatable bonds is 10. The van der Waals surface area contributed by atoms with Crippen LogP contribution in [0.4, 0.5) is 23.2 Å². The van der Waals surface area contributed by atoms with Gasteiger partial charge in [0.15, 0.2) is 0 Å². The van der Waals surface area contributed by atoms with Gasteiger partial charge in [0, 0.05) is 69.5 Å². The molecule has 5 heterocycles. The number of aromatic hydroxyl groups is 1. The molecule has 0 bridgehead atoms. The fraction of sp³-hybridized carbons (Fsp3) is 0.488. The van der Waals surface area contributed by atoms with Crippen LogP contribution in [0.1, 0.15) is 77.6 Å². The summed E-state index contributed by atoms with van der Waals surface area (Å²) in [6.07, 6.45) is 0.334. The van der Waals surface area contributed by atoms with Gasteiger partial charge in [-0.3, -0.25) is 34.3 Å². The summed E-state index contributed by atoms with van der Waals surface area (Å²) in [7, 11) is 0. The van der Waals surface area contributed by atoms with E-state index in [-0.39, 0.29) is 54.5 Å². The molecule has 8 rings (SSSR count). The van der Waals surface area contributed by atoms with Gasteiger partial charge >= 0.3 is 0 Å². The lowest BCUT2D eigenvalue weighted by Crippen LogP contribution is -2.61. The Bertz CT molecular complexity index is 2110. The maximum absolute atomic E-state index is 16.1. The van der Waals surface area contributed by atoms with E-state index in [1.165, 1.54) is 34.1 Å². The number of hydrogen-bond acceptors (Lipinski definition) is 8. The van der Waals surface area contributed by atoms with E-state index in [1.807, 2.05) is 28.9 Å². The van der Waals surface area contributed by atoms with E-state index in [9.17, 15) is 33.1 Å². The van der Waals surface area contributed by atoms with Crippen LogP contribution in [0, 0.1) is 24.0 Å². The highest BCUT2D eigenvalue weighted by Crippen LogP contribution is 2.44. The van der Waals surface area contributed by atoms with Crippen molar-refractivity contribution in [3.05, 3.63) is 93.0 Å². The first kappa shape index (κ1) is 39.8. The number of phenolic OH excluding ortho intramolecular Hbond substituents is 1. The van der Waals surface area contributed by atoms with Gasteiger partial charge in [-0.2, -0.15) is 0 Å². The van der Waals surface area contributed by atoms with Crippen LogP contribution in [0.15, 0.2) is 42.5 Å². The highest BCUT2D eigenvalue weighted by Gasteiger charge is 2.46. The van der Waals surface area contributed by atoms with Gasteiger partial charge in [-0.1, -0.05) is 18.2 Å². The smallest absolute Gasteiger partial charge is 0.251 e. The van der Waals surface area contributed by atoms with Crippen LogP contribution < -0.4 is 10.2 Å². The van der Waals surface area contributed by atoms with Crippen molar-refractivity contribution in [3.63, 3.8) is 0 Å². The van der Waals surface area contributed by atoms with Gasteiger partial charge in [0.05, 0.1) is 19.1 Å². The third kappa shape index (κ3) is 7.66. The number of phenols is 1. The van der Waals surface area contributed by atoms with Gasteiger partial charge in [-0.15, -0.1) is 0 Å². The molecular formula is C43H48F4N6O5. The van der Waals surface area contributed by atoms with Crippen molar-refractivity contribution in [1.29, 1.82) is 0 Å². The maximum Gasteiger partial charge on any atom is 0.251 e. The molecule has 3 aromatic rings. The van der Waals surface area contributed by atoms with E-state index in [0.717, 1.165) is 48.2 Å². The topological polar surface area (TPSA) is 117 Å². The fourth-order valence-corrected chi connectivity index (χ4v) is 9.93. The SMILES string of the molecule is Cc1cc2c(cc1CN(C=O)C1CCC(=O)NC1=O)CN(C(=O)CN1CC3(CCN(c4cc(F)c(C5c6ccc(O)cc6C[C@@H](C)N5CC(F)F)c(F)c4)CC3)C1)C2. The first-order valence-electron chi connectivity index (χ1n) is 20.0. The molecule has 0 aromatic heterocycles. The van der Waals surface area contributed by atoms with Crippen molar-refractivity contribution in [3.8, 4) is 5.75 Å². The number of halogens is 4. The van der Waals surface area contributed by atoms with Gasteiger partial charge in [0.2, 0.25) is 24.1 Å². The molecule has 3 atom stereocenters. The third-order valence-electron chi connectivity index (χ3n) is 13.0. The zero-order valence-electron chi connectivity index (χ0n) is 32.7. The van der Waals surface area contributed by atoms with Crippen LogP contribution in [0.25, 0.3) is 0 Å². The minimum Gasteiger partial charge on any atom is -0.508 e. The highest BCUT2D eigenvalue weighted by atomic mass is 19.3. The molecular weight excluding hydrogens is 757 g/mol. The Morgan fingerprint density at radius 3 is 2.36 bits per heavy atom. The second-order valence-electron chi connectivity index (χ2n) is 16.9. The molecule has 0 radical (unpaired) electrons. The Morgan fingerprint density at radius 1 is 1.02 bits per heavy atom. The number of alkyl halides is 2. The van der Waals surface area contributed by atoms with Crippen molar-refractivity contribution < 1.29 is 41.8 Å². The number of anilines is 1. The summed E-state index contributed by atoms with van der Waals surface area (Å²) in [6, 6.07) is 8.93. The lowest BCUT2D eigenvalue weighted by molar-refractivity contribution is -0.141. The molecule has 11 nitrogen and oxygen atoms in total. The molecule has 3 fully saturated rings. The molecule has 2 N–H and O–H groups in total. The molecule has 2 unspecified atom stereocenters. The van der Waals surface area contributed by atoms with Crippen LogP contribution in [-0.4, -0.2) is 107 Å². The number of carbonyl (C=O) groups is 4. The number of likely N-dealkylation sites (tertiary alicyclic amines) is 1. The van der Waals surface area contributed by atoms with E-state index in [1.54, 1.807) is 13.0 Å². The monoisotopic (exact) mass is 804 g/mol. The standard InChI is InChI=1S/C43H48F4N6O5/c1-25-11-29-18-51(19-30(29)13-28(25)17-52(24-54)36-5-6-38(56)48-42(36)58)39(57)21-49-22-43(23-49)7-9-50(10-8-43)31-15-34(44)40(35(45)16-31)41-33-4-3-32(55)14-27(33)12-26(2)53(41)20-37(46)47/h3-4,11,13-16,24,26,36-37,41,55H,5-10,12,17-23H2,1-2H3,(H,48,56,58)/t26-,36?,41?/m1/s1. The van der Waals surface area contributed by atoms with Crippen molar-refractivity contribution in [2.45, 2.75) is 90.1 Å². The molecule has 1 spiro atoms. The van der Waals surface area contributed by atoms with Crippen LogP contribution >= 0.6 is 0 Å². The Hall–Kier alpha value is -5.02. The number of fused-ring (bicyclic) bond motifs is 2. The van der Waals surface area contributed by atoms with Gasteiger partial charge in [0.1, 0.15) is 23.4 Å². The number of carbonyl (C=O) groups excluding carboxylic acids is 4. The number of hydrogen-bond donors (Lipinski definition) is 2. The third-order valence-corrected chi connectivity index (χ3v) is 13.0. The minimum atomic E-state index is -2.70. The number of piperidine rings is 2. The molecule has 5 aliphatic heterocycles. The van der Waals surface area contributed by atoms with Gasteiger partial charge in [-0.05, 0) is 103 Å². The number of benzene rings is 3. The van der Waals surface area contributed by atoms with Crippen LogP contribution in [-0.2, 0) is 45.2 Å². The van der Waals surface area contributed by atoms with Gasteiger partial charge in [0.25, 0.3) is 6.43 Å². The average molecular weight is 805 g/mol. The number of nitrogens with one attached hydrogen (secondary N) is 1. The van der Waals surface area contributed by atoms with E-state index >= 15 is 8.78 Å². The summed E-state index contributed by atoms with van der Waals surface area (Å²) in [6.45, 7) is 7.12. The van der Waals surface area contributed by atoms with Crippen LogP contribution in [0.3, 0.4) is 0 Å². The number of aryl methyl sites for hydroxylation is 1. The number of amides is 4. The summed E-state index contributed by atoms with van der Waals surface area (Å²) in [4.78, 5) is 58.3. The molecule has 3 aromatic carbocycles. The fourth-order valence-electron chi connectivity index (χ4n) is 9.93. The largest absolute Gasteiger partial charge is 0.508 e. The molecule has 3 saturated heterocycles. The maximum atomic E-state index is 16.1. The molecule has 58 heavy (non-hydrogen) atoms. The Morgan fingerprint density at radius 2 is 1.71 bits per heavy atom. The summed E-state index contributed by atoms with van der Waals surface area (Å²) in [5.74, 6) is -2.39. The van der Waals surface area contributed by atoms with Crippen molar-refractivity contribution in [2.24, 2.45) is 5.41 Å². The molecule has 308 valence electrons. The van der Waals surface area contributed by atoms with Crippen molar-refractivity contribution in [2.75, 3.05) is 44.2 Å². The van der Waals surface area contributed by atoms with Crippen LogP contribution in [0.5, 0.6) is 5.75 Å². The Kier molecular flexibility index (Phi) is 10.7. The predicted molar refractivity (Wildman–Crippen MR) is 206 cm³/mol. The minimum absolute atomic E-state index is 0.00402. The summed E-state index contributed by atoms with van der Waals surface area (Å²) < 4.78 is 59.6. The zero-order chi connectivity index (χ0) is 41.0. The Labute approximate surface area is 334 Å². The molecule has 4 amide bonds. The first-order chi connectivity index (χ1) is 27.7. The molecule has 0 saturated carbocycles. The van der Waals surface area contributed by atoms with E-state index in [0.29, 0.717) is 55.8 Å². The normalized spacial score (nSPS) is 23.1. The van der Waals surface area contributed by atoms with Crippen molar-refractivity contribution in [1.82, 2.24) is 24.9 Å². The summed E-state index contributed by atoms with van der Waals surface area (Å²) in [5, 5.41) is 12.4. The van der Waals surface area contributed by atoms with E-state index in [4.69, 9.17) is 0 Å². The molecule has 0 aliphatic carbocycles. The molecule has 5 aliphatic rings. The summed E-state index contributed by atoms with van der Waals surface area (Å²) in [5.41, 5.74) is 5.18. The lowest BCUT2D eigenvalue weighted by atomic mass is 9.72. The van der Waals surface area contributed by atoms with Crippen molar-refractivity contribution >= 4 is 29.8 Å².